The first kappa shape index (κ1) is 23.5. The molecule has 6 nitrogen and oxygen atoms in total. The van der Waals surface area contributed by atoms with E-state index in [1.165, 1.54) is 0 Å². The summed E-state index contributed by atoms with van der Waals surface area (Å²) in [5, 5.41) is 2.95. The molecule has 0 heterocycles. The summed E-state index contributed by atoms with van der Waals surface area (Å²) in [6.45, 7) is 0.464. The molecule has 3 N–H and O–H groups in total. The number of para-hydroxylation sites is 1. The van der Waals surface area contributed by atoms with E-state index in [2.05, 4.69) is 5.32 Å². The Labute approximate surface area is 200 Å². The molecular weight excluding hydrogens is 426 g/mol. The van der Waals surface area contributed by atoms with Gasteiger partial charge >= 0.3 is 0 Å². The third kappa shape index (κ3) is 5.64. The van der Waals surface area contributed by atoms with Crippen LogP contribution in [0.3, 0.4) is 0 Å². The number of carbonyl (C=O) groups is 2. The van der Waals surface area contributed by atoms with Gasteiger partial charge in [-0.3, -0.25) is 9.59 Å². The molecule has 176 valence electrons. The second-order valence-corrected chi connectivity index (χ2v) is 8.72. The van der Waals surface area contributed by atoms with Crippen molar-refractivity contribution >= 4 is 17.5 Å². The molecule has 34 heavy (non-hydrogen) atoms. The Morgan fingerprint density at radius 1 is 0.941 bits per heavy atom. The molecule has 1 saturated carbocycles. The fraction of sp³-hybridized carbons (Fsp3) is 0.286. The number of ether oxygens (including phenoxy) is 1. The van der Waals surface area contributed by atoms with Crippen LogP contribution in [-0.2, 0) is 6.54 Å². The zero-order valence-corrected chi connectivity index (χ0v) is 19.4. The molecule has 0 atom stereocenters. The first-order chi connectivity index (χ1) is 16.5. The molecule has 2 amide bonds. The van der Waals surface area contributed by atoms with Crippen molar-refractivity contribution in [1.29, 1.82) is 0 Å². The minimum atomic E-state index is -0.243. The van der Waals surface area contributed by atoms with Crippen molar-refractivity contribution < 1.29 is 14.3 Å². The number of nitrogens with one attached hydrogen (secondary N) is 1. The Hall–Kier alpha value is -3.64. The average molecular weight is 458 g/mol. The summed E-state index contributed by atoms with van der Waals surface area (Å²) in [4.78, 5) is 28.3. The second-order valence-electron chi connectivity index (χ2n) is 8.72. The predicted octanol–water partition coefficient (Wildman–Crippen LogP) is 4.86. The van der Waals surface area contributed by atoms with Gasteiger partial charge in [0.25, 0.3) is 11.8 Å². The van der Waals surface area contributed by atoms with Crippen LogP contribution in [0.4, 0.5) is 5.69 Å². The predicted molar refractivity (Wildman–Crippen MR) is 134 cm³/mol. The zero-order chi connectivity index (χ0) is 23.9. The molecule has 1 aliphatic carbocycles. The lowest BCUT2D eigenvalue weighted by molar-refractivity contribution is 0.0606. The van der Waals surface area contributed by atoms with Crippen LogP contribution in [0.5, 0.6) is 5.75 Å². The van der Waals surface area contributed by atoms with Gasteiger partial charge in [-0.05, 0) is 67.6 Å². The number of nitrogens with zero attached hydrogens (tertiary/aromatic N) is 1. The van der Waals surface area contributed by atoms with E-state index in [4.69, 9.17) is 10.5 Å². The van der Waals surface area contributed by atoms with Crippen LogP contribution in [0.1, 0.15) is 52.0 Å². The van der Waals surface area contributed by atoms with Crippen LogP contribution < -0.4 is 15.8 Å². The molecule has 1 fully saturated rings. The van der Waals surface area contributed by atoms with Gasteiger partial charge in [0, 0.05) is 29.9 Å². The molecule has 0 bridgehead atoms. The van der Waals surface area contributed by atoms with Gasteiger partial charge in [0.15, 0.2) is 0 Å². The van der Waals surface area contributed by atoms with Crippen molar-refractivity contribution in [2.24, 2.45) is 5.73 Å². The van der Waals surface area contributed by atoms with Crippen LogP contribution >= 0.6 is 0 Å². The van der Waals surface area contributed by atoms with Gasteiger partial charge in [-0.2, -0.15) is 0 Å². The van der Waals surface area contributed by atoms with Crippen LogP contribution in [0.25, 0.3) is 0 Å². The number of nitrogens with two attached hydrogens (primary N) is 1. The van der Waals surface area contributed by atoms with Gasteiger partial charge in [0.05, 0.1) is 12.7 Å². The summed E-state index contributed by atoms with van der Waals surface area (Å²) < 4.78 is 5.31. The van der Waals surface area contributed by atoms with Crippen LogP contribution in [0, 0.1) is 0 Å². The van der Waals surface area contributed by atoms with E-state index in [0.717, 1.165) is 31.2 Å². The van der Waals surface area contributed by atoms with E-state index in [0.29, 0.717) is 29.1 Å². The summed E-state index contributed by atoms with van der Waals surface area (Å²) in [7, 11) is 1.54. The number of anilines is 1. The van der Waals surface area contributed by atoms with Crippen molar-refractivity contribution in [3.63, 3.8) is 0 Å². The smallest absolute Gasteiger partial charge is 0.259 e. The average Bonchev–Trinajstić information content (AvgIpc) is 2.88. The van der Waals surface area contributed by atoms with E-state index in [9.17, 15) is 9.59 Å². The molecule has 4 rings (SSSR count). The Morgan fingerprint density at radius 3 is 2.38 bits per heavy atom. The third-order valence-corrected chi connectivity index (χ3v) is 6.35. The molecule has 3 aromatic rings. The molecule has 0 spiro atoms. The number of amides is 2. The number of hydrogen-bond acceptors (Lipinski definition) is 4. The van der Waals surface area contributed by atoms with E-state index in [-0.39, 0.29) is 23.9 Å². The summed E-state index contributed by atoms with van der Waals surface area (Å²) >= 11 is 0. The van der Waals surface area contributed by atoms with Gasteiger partial charge in [-0.1, -0.05) is 42.5 Å². The molecule has 1 aliphatic rings. The first-order valence-corrected chi connectivity index (χ1v) is 11.7. The van der Waals surface area contributed by atoms with Crippen molar-refractivity contribution in [1.82, 2.24) is 4.90 Å². The highest BCUT2D eigenvalue weighted by atomic mass is 16.5. The van der Waals surface area contributed by atoms with Crippen molar-refractivity contribution in [2.45, 2.75) is 44.3 Å². The van der Waals surface area contributed by atoms with E-state index < -0.39 is 0 Å². The number of benzene rings is 3. The molecule has 0 aromatic heterocycles. The molecule has 0 saturated heterocycles. The Balaban J connectivity index is 1.54. The molecule has 6 heteroatoms. The Morgan fingerprint density at radius 2 is 1.65 bits per heavy atom. The van der Waals surface area contributed by atoms with Crippen molar-refractivity contribution in [3.05, 3.63) is 95.6 Å². The largest absolute Gasteiger partial charge is 0.496 e. The summed E-state index contributed by atoms with van der Waals surface area (Å²) in [6, 6.07) is 24.5. The van der Waals surface area contributed by atoms with Crippen LogP contribution in [-0.4, -0.2) is 35.9 Å². The quantitative estimate of drug-likeness (QED) is 0.531. The number of carbonyl (C=O) groups excluding carboxylic acids is 2. The van der Waals surface area contributed by atoms with Gasteiger partial charge in [0.1, 0.15) is 5.75 Å². The van der Waals surface area contributed by atoms with Gasteiger partial charge < -0.3 is 20.7 Å². The highest BCUT2D eigenvalue weighted by Gasteiger charge is 2.28. The Bertz CT molecular complexity index is 1120. The van der Waals surface area contributed by atoms with Crippen molar-refractivity contribution in [2.75, 3.05) is 12.4 Å². The lowest BCUT2D eigenvalue weighted by Gasteiger charge is -2.36. The summed E-state index contributed by atoms with van der Waals surface area (Å²) in [6.07, 6.45) is 3.62. The molecule has 3 aromatic carbocycles. The van der Waals surface area contributed by atoms with Crippen LogP contribution in [0.15, 0.2) is 78.9 Å². The molecule has 0 unspecified atom stereocenters. The maximum atomic E-state index is 13.5. The first-order valence-electron chi connectivity index (χ1n) is 11.7. The van der Waals surface area contributed by atoms with E-state index in [1.807, 2.05) is 65.6 Å². The maximum absolute atomic E-state index is 13.5. The molecule has 0 radical (unpaired) electrons. The van der Waals surface area contributed by atoms with Gasteiger partial charge in [-0.15, -0.1) is 0 Å². The monoisotopic (exact) mass is 457 g/mol. The third-order valence-electron chi connectivity index (χ3n) is 6.35. The standard InChI is InChI=1S/C28H31N3O3/c1-34-26-13-6-5-12-25(26)27(32)30-23-11-7-8-20(18-23)19-31(24-16-14-22(29)15-17-24)28(33)21-9-3-2-4-10-21/h2-13,18,22,24H,14-17,19,29H2,1H3,(H,30,32). The second kappa shape index (κ2) is 11.0. The Kier molecular flexibility index (Phi) is 7.60. The lowest BCUT2D eigenvalue weighted by atomic mass is 9.90. The van der Waals surface area contributed by atoms with E-state index >= 15 is 0 Å². The number of methoxy groups -OCH3 is 1. The van der Waals surface area contributed by atoms with E-state index in [1.54, 1.807) is 25.3 Å². The topological polar surface area (TPSA) is 84.7 Å². The maximum Gasteiger partial charge on any atom is 0.259 e. The highest BCUT2D eigenvalue weighted by Crippen LogP contribution is 2.26. The SMILES string of the molecule is COc1ccccc1C(=O)Nc1cccc(CN(C(=O)c2ccccc2)C2CCC(N)CC2)c1. The normalized spacial score (nSPS) is 17.6. The van der Waals surface area contributed by atoms with Gasteiger partial charge in [0.2, 0.25) is 0 Å². The fourth-order valence-electron chi connectivity index (χ4n) is 4.50. The highest BCUT2D eigenvalue weighted by molar-refractivity contribution is 6.06. The number of rotatable bonds is 7. The minimum absolute atomic E-state index is 0.0181. The zero-order valence-electron chi connectivity index (χ0n) is 19.4. The summed E-state index contributed by atoms with van der Waals surface area (Å²) in [5.74, 6) is 0.295. The fourth-order valence-corrected chi connectivity index (χ4v) is 4.50. The molecule has 0 aliphatic heterocycles. The minimum Gasteiger partial charge on any atom is -0.496 e. The number of hydrogen-bond donors (Lipinski definition) is 2. The van der Waals surface area contributed by atoms with Gasteiger partial charge in [-0.25, -0.2) is 0 Å². The molecular formula is C28H31N3O3. The lowest BCUT2D eigenvalue weighted by Crippen LogP contribution is -2.43. The van der Waals surface area contributed by atoms with Crippen molar-refractivity contribution in [3.8, 4) is 5.75 Å². The van der Waals surface area contributed by atoms with Crippen LogP contribution in [0.2, 0.25) is 0 Å². The summed E-state index contributed by atoms with van der Waals surface area (Å²) in [5.41, 5.74) is 8.89.